The third kappa shape index (κ3) is 4.05. The summed E-state index contributed by atoms with van der Waals surface area (Å²) in [7, 11) is 0. The van der Waals surface area contributed by atoms with Crippen molar-refractivity contribution in [1.82, 2.24) is 0 Å². The molecular formula is C17H19FN2O. The van der Waals surface area contributed by atoms with E-state index in [4.69, 9.17) is 0 Å². The van der Waals surface area contributed by atoms with Crippen LogP contribution in [0.5, 0.6) is 0 Å². The van der Waals surface area contributed by atoms with E-state index in [1.807, 2.05) is 26.0 Å². The molecule has 2 rings (SSSR count). The maximum absolute atomic E-state index is 13.4. The van der Waals surface area contributed by atoms with Crippen LogP contribution in [0.25, 0.3) is 0 Å². The Labute approximate surface area is 124 Å². The highest BCUT2D eigenvalue weighted by molar-refractivity contribution is 5.93. The van der Waals surface area contributed by atoms with Crippen molar-refractivity contribution in [3.8, 4) is 0 Å². The fraction of sp³-hybridized carbons (Fsp3) is 0.235. The third-order valence-electron chi connectivity index (χ3n) is 3.28. The summed E-state index contributed by atoms with van der Waals surface area (Å²) in [6, 6.07) is 10.6. The van der Waals surface area contributed by atoms with E-state index in [0.29, 0.717) is 11.3 Å². The molecule has 0 radical (unpaired) electrons. The minimum absolute atomic E-state index is 0.138. The molecule has 0 aliphatic heterocycles. The molecule has 1 amide bonds. The summed E-state index contributed by atoms with van der Waals surface area (Å²) in [6.45, 7) is 5.83. The van der Waals surface area contributed by atoms with Crippen LogP contribution in [0.1, 0.15) is 16.7 Å². The number of rotatable bonds is 4. The van der Waals surface area contributed by atoms with Gasteiger partial charge in [-0.3, -0.25) is 4.79 Å². The third-order valence-corrected chi connectivity index (χ3v) is 3.28. The Morgan fingerprint density at radius 3 is 2.48 bits per heavy atom. The molecule has 0 aliphatic carbocycles. The summed E-state index contributed by atoms with van der Waals surface area (Å²) in [6.07, 6.45) is 0. The Kier molecular flexibility index (Phi) is 4.58. The van der Waals surface area contributed by atoms with Crippen LogP contribution in [0.2, 0.25) is 0 Å². The number of hydrogen-bond donors (Lipinski definition) is 2. The maximum Gasteiger partial charge on any atom is 0.243 e. The zero-order chi connectivity index (χ0) is 15.4. The molecule has 110 valence electrons. The van der Waals surface area contributed by atoms with Gasteiger partial charge in [0, 0.05) is 11.4 Å². The lowest BCUT2D eigenvalue weighted by Gasteiger charge is -2.11. The Morgan fingerprint density at radius 1 is 1.05 bits per heavy atom. The van der Waals surface area contributed by atoms with Gasteiger partial charge in [-0.1, -0.05) is 23.8 Å². The van der Waals surface area contributed by atoms with E-state index < -0.39 is 0 Å². The molecule has 21 heavy (non-hydrogen) atoms. The van der Waals surface area contributed by atoms with Gasteiger partial charge in [0.25, 0.3) is 0 Å². The van der Waals surface area contributed by atoms with Crippen LogP contribution in [0, 0.1) is 26.6 Å². The molecule has 0 fully saturated rings. The van der Waals surface area contributed by atoms with Gasteiger partial charge in [0.15, 0.2) is 0 Å². The normalized spacial score (nSPS) is 10.3. The van der Waals surface area contributed by atoms with Crippen molar-refractivity contribution in [2.75, 3.05) is 17.2 Å². The predicted octanol–water partition coefficient (Wildman–Crippen LogP) is 3.80. The number of aryl methyl sites for hydroxylation is 3. The number of anilines is 2. The average Bonchev–Trinajstić information content (AvgIpc) is 2.42. The minimum atomic E-state index is -0.324. The van der Waals surface area contributed by atoms with Gasteiger partial charge in [0.1, 0.15) is 5.82 Å². The summed E-state index contributed by atoms with van der Waals surface area (Å²) in [5.74, 6) is -0.534. The van der Waals surface area contributed by atoms with Crippen LogP contribution in [0.4, 0.5) is 15.8 Å². The highest BCUT2D eigenvalue weighted by Crippen LogP contribution is 2.16. The molecule has 4 heteroatoms. The molecule has 0 aliphatic rings. The van der Waals surface area contributed by atoms with Gasteiger partial charge in [-0.05, 0) is 50.1 Å². The van der Waals surface area contributed by atoms with Crippen molar-refractivity contribution >= 4 is 17.3 Å². The van der Waals surface area contributed by atoms with E-state index in [2.05, 4.69) is 16.7 Å². The van der Waals surface area contributed by atoms with Gasteiger partial charge in [-0.25, -0.2) is 4.39 Å². The lowest BCUT2D eigenvalue weighted by Crippen LogP contribution is -2.22. The van der Waals surface area contributed by atoms with Crippen LogP contribution in [0.15, 0.2) is 36.4 Å². The van der Waals surface area contributed by atoms with Crippen LogP contribution in [-0.4, -0.2) is 12.5 Å². The van der Waals surface area contributed by atoms with E-state index in [1.54, 1.807) is 19.1 Å². The average molecular weight is 286 g/mol. The van der Waals surface area contributed by atoms with Crippen LogP contribution in [0.3, 0.4) is 0 Å². The van der Waals surface area contributed by atoms with E-state index in [0.717, 1.165) is 11.3 Å². The van der Waals surface area contributed by atoms with Crippen molar-refractivity contribution in [1.29, 1.82) is 0 Å². The molecule has 0 unspecified atom stereocenters. The number of hydrogen-bond acceptors (Lipinski definition) is 2. The minimum Gasteiger partial charge on any atom is -0.376 e. The molecule has 0 aromatic heterocycles. The standard InChI is InChI=1S/C17H19FN2O/c1-11-4-7-16(13(3)8-11)19-10-17(21)20-14-6-5-12(2)15(18)9-14/h4-9,19H,10H2,1-3H3,(H,20,21). The molecule has 2 N–H and O–H groups in total. The summed E-state index contributed by atoms with van der Waals surface area (Å²) in [5, 5.41) is 5.75. The summed E-state index contributed by atoms with van der Waals surface area (Å²) < 4.78 is 13.4. The first-order valence-electron chi connectivity index (χ1n) is 6.83. The van der Waals surface area contributed by atoms with Crippen LogP contribution >= 0.6 is 0 Å². The zero-order valence-electron chi connectivity index (χ0n) is 12.5. The summed E-state index contributed by atoms with van der Waals surface area (Å²) >= 11 is 0. The number of nitrogens with one attached hydrogen (secondary N) is 2. The molecular weight excluding hydrogens is 267 g/mol. The summed E-state index contributed by atoms with van der Waals surface area (Å²) in [5.41, 5.74) is 4.21. The SMILES string of the molecule is Cc1ccc(NCC(=O)Nc2ccc(C)c(F)c2)c(C)c1. The van der Waals surface area contributed by atoms with E-state index >= 15 is 0 Å². The lowest BCUT2D eigenvalue weighted by molar-refractivity contribution is -0.114. The molecule has 0 spiro atoms. The van der Waals surface area contributed by atoms with E-state index in [1.165, 1.54) is 11.6 Å². The second kappa shape index (κ2) is 6.39. The maximum atomic E-state index is 13.4. The van der Waals surface area contributed by atoms with Gasteiger partial charge >= 0.3 is 0 Å². The number of halogens is 1. The van der Waals surface area contributed by atoms with Gasteiger partial charge in [0.2, 0.25) is 5.91 Å². The Bertz CT molecular complexity index is 668. The number of benzene rings is 2. The molecule has 2 aromatic carbocycles. The molecule has 2 aromatic rings. The Balaban J connectivity index is 1.94. The smallest absolute Gasteiger partial charge is 0.243 e. The fourth-order valence-corrected chi connectivity index (χ4v) is 2.06. The fourth-order valence-electron chi connectivity index (χ4n) is 2.06. The molecule has 0 bridgehead atoms. The number of carbonyl (C=O) groups is 1. The van der Waals surface area contributed by atoms with E-state index in [-0.39, 0.29) is 18.3 Å². The largest absolute Gasteiger partial charge is 0.376 e. The topological polar surface area (TPSA) is 41.1 Å². The first-order chi connectivity index (χ1) is 9.95. The molecule has 0 saturated carbocycles. The van der Waals surface area contributed by atoms with Crippen molar-refractivity contribution in [3.05, 3.63) is 58.9 Å². The second-order valence-corrected chi connectivity index (χ2v) is 5.18. The molecule has 3 nitrogen and oxygen atoms in total. The highest BCUT2D eigenvalue weighted by atomic mass is 19.1. The van der Waals surface area contributed by atoms with Crippen molar-refractivity contribution in [3.63, 3.8) is 0 Å². The van der Waals surface area contributed by atoms with Crippen molar-refractivity contribution in [2.24, 2.45) is 0 Å². The highest BCUT2D eigenvalue weighted by Gasteiger charge is 2.05. The molecule has 0 saturated heterocycles. The molecule has 0 heterocycles. The quantitative estimate of drug-likeness (QED) is 0.897. The van der Waals surface area contributed by atoms with Gasteiger partial charge in [-0.15, -0.1) is 0 Å². The van der Waals surface area contributed by atoms with Crippen LogP contribution < -0.4 is 10.6 Å². The Hall–Kier alpha value is -2.36. The lowest BCUT2D eigenvalue weighted by atomic mass is 10.1. The zero-order valence-corrected chi connectivity index (χ0v) is 12.5. The number of amides is 1. The van der Waals surface area contributed by atoms with Gasteiger partial charge in [0.05, 0.1) is 6.54 Å². The predicted molar refractivity (Wildman–Crippen MR) is 84.2 cm³/mol. The van der Waals surface area contributed by atoms with E-state index in [9.17, 15) is 9.18 Å². The van der Waals surface area contributed by atoms with Gasteiger partial charge < -0.3 is 10.6 Å². The monoisotopic (exact) mass is 286 g/mol. The second-order valence-electron chi connectivity index (χ2n) is 5.18. The van der Waals surface area contributed by atoms with Crippen LogP contribution in [-0.2, 0) is 4.79 Å². The number of carbonyl (C=O) groups excluding carboxylic acids is 1. The first kappa shape index (κ1) is 15.0. The Morgan fingerprint density at radius 2 is 1.81 bits per heavy atom. The van der Waals surface area contributed by atoms with Gasteiger partial charge in [-0.2, -0.15) is 0 Å². The van der Waals surface area contributed by atoms with Crippen molar-refractivity contribution in [2.45, 2.75) is 20.8 Å². The van der Waals surface area contributed by atoms with Crippen molar-refractivity contribution < 1.29 is 9.18 Å². The first-order valence-corrected chi connectivity index (χ1v) is 6.83. The summed E-state index contributed by atoms with van der Waals surface area (Å²) in [4.78, 5) is 11.9. The molecule has 0 atom stereocenters.